The summed E-state index contributed by atoms with van der Waals surface area (Å²) in [5.74, 6) is -0.378. The highest BCUT2D eigenvalue weighted by Gasteiger charge is 2.34. The second-order valence-corrected chi connectivity index (χ2v) is 10.2. The van der Waals surface area contributed by atoms with Gasteiger partial charge in [-0.25, -0.2) is 9.59 Å². The van der Waals surface area contributed by atoms with Crippen molar-refractivity contribution in [1.29, 1.82) is 0 Å². The van der Waals surface area contributed by atoms with Crippen molar-refractivity contribution in [3.63, 3.8) is 0 Å². The van der Waals surface area contributed by atoms with Crippen molar-refractivity contribution in [3.8, 4) is 0 Å². The molecule has 0 saturated carbocycles. The van der Waals surface area contributed by atoms with Crippen molar-refractivity contribution in [2.45, 2.75) is 143 Å². The maximum Gasteiger partial charge on any atom is 0.407 e. The maximum atomic E-state index is 12.5. The number of unbranched alkanes of at least 4 members (excludes halogenated alkanes) is 14. The number of carbonyl (C=O) groups excluding carboxylic acids is 2. The summed E-state index contributed by atoms with van der Waals surface area (Å²) >= 11 is 0. The fourth-order valence-corrected chi connectivity index (χ4v) is 3.71. The van der Waals surface area contributed by atoms with E-state index in [1.807, 2.05) is 27.7 Å². The van der Waals surface area contributed by atoms with Gasteiger partial charge in [0.25, 0.3) is 0 Å². The second-order valence-electron chi connectivity index (χ2n) is 10.2. The van der Waals surface area contributed by atoms with Gasteiger partial charge in [-0.1, -0.05) is 125 Å². The van der Waals surface area contributed by atoms with Crippen molar-refractivity contribution < 1.29 is 19.1 Å². The molecule has 0 aliphatic rings. The zero-order valence-electron chi connectivity index (χ0n) is 21.9. The van der Waals surface area contributed by atoms with Gasteiger partial charge in [-0.2, -0.15) is 0 Å². The molecular formula is C27H53NO4. The van der Waals surface area contributed by atoms with Crippen molar-refractivity contribution in [1.82, 2.24) is 5.32 Å². The van der Waals surface area contributed by atoms with Crippen LogP contribution in [-0.2, 0) is 14.3 Å². The largest absolute Gasteiger partial charge is 0.464 e. The van der Waals surface area contributed by atoms with Crippen LogP contribution < -0.4 is 5.32 Å². The predicted octanol–water partition coefficient (Wildman–Crippen LogP) is 7.95. The average molecular weight is 456 g/mol. The normalized spacial score (nSPS) is 12.4. The van der Waals surface area contributed by atoms with E-state index in [1.54, 1.807) is 0 Å². The number of esters is 1. The predicted molar refractivity (Wildman–Crippen MR) is 134 cm³/mol. The summed E-state index contributed by atoms with van der Waals surface area (Å²) in [7, 11) is 0. The maximum absolute atomic E-state index is 12.5. The van der Waals surface area contributed by atoms with Crippen LogP contribution in [0.1, 0.15) is 137 Å². The van der Waals surface area contributed by atoms with Gasteiger partial charge < -0.3 is 14.8 Å². The minimum absolute atomic E-state index is 0.344. The summed E-state index contributed by atoms with van der Waals surface area (Å²) in [6.07, 6.45) is 19.8. The van der Waals surface area contributed by atoms with E-state index >= 15 is 0 Å². The second kappa shape index (κ2) is 20.4. The van der Waals surface area contributed by atoms with E-state index in [9.17, 15) is 9.59 Å². The number of alkyl carbamates (subject to hydrolysis) is 1. The molecule has 0 aromatic heterocycles. The van der Waals surface area contributed by atoms with Crippen LogP contribution in [0.15, 0.2) is 0 Å². The monoisotopic (exact) mass is 455 g/mol. The lowest BCUT2D eigenvalue weighted by Crippen LogP contribution is -2.50. The number of nitrogens with one attached hydrogen (secondary N) is 1. The van der Waals surface area contributed by atoms with Crippen molar-refractivity contribution in [2.24, 2.45) is 5.41 Å². The first kappa shape index (κ1) is 30.7. The van der Waals surface area contributed by atoms with Crippen molar-refractivity contribution in [3.05, 3.63) is 0 Å². The molecule has 5 nitrogen and oxygen atoms in total. The fraction of sp³-hybridized carbons (Fsp3) is 0.926. The molecular weight excluding hydrogens is 402 g/mol. The molecule has 0 saturated heterocycles. The van der Waals surface area contributed by atoms with E-state index in [2.05, 4.69) is 12.2 Å². The number of hydrogen-bond donors (Lipinski definition) is 1. The molecule has 0 aliphatic heterocycles. The molecule has 0 rings (SSSR count). The molecule has 0 aromatic carbocycles. The molecule has 0 fully saturated rings. The minimum Gasteiger partial charge on any atom is -0.464 e. The molecule has 0 heterocycles. The molecule has 5 heteroatoms. The van der Waals surface area contributed by atoms with Crippen LogP contribution in [0.25, 0.3) is 0 Å². The lowest BCUT2D eigenvalue weighted by atomic mass is 9.87. The summed E-state index contributed by atoms with van der Waals surface area (Å²) in [5, 5.41) is 2.66. The van der Waals surface area contributed by atoms with Crippen LogP contribution in [0, 0.1) is 5.41 Å². The van der Waals surface area contributed by atoms with Crippen molar-refractivity contribution in [2.75, 3.05) is 13.2 Å². The number of carbonyl (C=O) groups is 2. The lowest BCUT2D eigenvalue weighted by molar-refractivity contribution is -0.149. The first-order valence-electron chi connectivity index (χ1n) is 13.4. The lowest BCUT2D eigenvalue weighted by Gasteiger charge is -2.29. The van der Waals surface area contributed by atoms with Crippen LogP contribution in [-0.4, -0.2) is 31.3 Å². The molecule has 0 bridgehead atoms. The summed E-state index contributed by atoms with van der Waals surface area (Å²) in [6.45, 7) is 10.7. The molecule has 1 N–H and O–H groups in total. The number of amides is 1. The van der Waals surface area contributed by atoms with Gasteiger partial charge in [0.05, 0.1) is 13.2 Å². The Morgan fingerprint density at radius 3 is 1.47 bits per heavy atom. The Hall–Kier alpha value is -1.26. The van der Waals surface area contributed by atoms with Crippen molar-refractivity contribution >= 4 is 12.1 Å². The van der Waals surface area contributed by atoms with Gasteiger partial charge in [-0.15, -0.1) is 0 Å². The van der Waals surface area contributed by atoms with Gasteiger partial charge in [-0.05, 0) is 18.3 Å². The summed E-state index contributed by atoms with van der Waals surface area (Å²) in [4.78, 5) is 24.3. The van der Waals surface area contributed by atoms with E-state index < -0.39 is 17.6 Å². The van der Waals surface area contributed by atoms with Gasteiger partial charge in [0, 0.05) is 0 Å². The number of hydrogen-bond acceptors (Lipinski definition) is 4. The Morgan fingerprint density at radius 1 is 0.625 bits per heavy atom. The third-order valence-electron chi connectivity index (χ3n) is 5.79. The standard InChI is InChI=1S/C27H53NO4/c1-6-8-9-10-11-12-13-14-15-16-17-18-19-20-21-23-31-25(29)24(27(3,4)5)28-26(30)32-22-7-2/h24H,6-23H2,1-5H3,(H,28,30). The third kappa shape index (κ3) is 18.3. The van der Waals surface area contributed by atoms with Gasteiger partial charge in [0.1, 0.15) is 6.04 Å². The highest BCUT2D eigenvalue weighted by atomic mass is 16.6. The highest BCUT2D eigenvalue weighted by Crippen LogP contribution is 2.21. The average Bonchev–Trinajstić information content (AvgIpc) is 2.74. The van der Waals surface area contributed by atoms with E-state index in [-0.39, 0.29) is 5.97 Å². The molecule has 0 spiro atoms. The number of rotatable bonds is 20. The fourth-order valence-electron chi connectivity index (χ4n) is 3.71. The first-order chi connectivity index (χ1) is 15.3. The topological polar surface area (TPSA) is 64.6 Å². The zero-order valence-corrected chi connectivity index (χ0v) is 21.9. The Balaban J connectivity index is 3.68. The van der Waals surface area contributed by atoms with E-state index in [0.717, 1.165) is 19.3 Å². The summed E-state index contributed by atoms with van der Waals surface area (Å²) in [6, 6.07) is -0.705. The number of ether oxygens (including phenoxy) is 2. The van der Waals surface area contributed by atoms with Crippen LogP contribution in [0.3, 0.4) is 0 Å². The van der Waals surface area contributed by atoms with Gasteiger partial charge in [0.2, 0.25) is 0 Å². The molecule has 190 valence electrons. The third-order valence-corrected chi connectivity index (χ3v) is 5.79. The van der Waals surface area contributed by atoms with Gasteiger partial charge in [0.15, 0.2) is 0 Å². The zero-order chi connectivity index (χ0) is 24.1. The van der Waals surface area contributed by atoms with Crippen LogP contribution in [0.2, 0.25) is 0 Å². The Kier molecular flexibility index (Phi) is 19.6. The highest BCUT2D eigenvalue weighted by molar-refractivity contribution is 5.82. The Labute approximate surface area is 198 Å². The minimum atomic E-state index is -0.705. The Bertz CT molecular complexity index is 459. The van der Waals surface area contributed by atoms with Crippen LogP contribution >= 0.6 is 0 Å². The molecule has 1 unspecified atom stereocenters. The molecule has 1 atom stereocenters. The molecule has 0 aromatic rings. The Morgan fingerprint density at radius 2 is 1.06 bits per heavy atom. The van der Waals surface area contributed by atoms with E-state index in [0.29, 0.717) is 13.2 Å². The molecule has 0 aliphatic carbocycles. The van der Waals surface area contributed by atoms with Crippen LogP contribution in [0.4, 0.5) is 4.79 Å². The smallest absolute Gasteiger partial charge is 0.407 e. The summed E-state index contributed by atoms with van der Waals surface area (Å²) in [5.41, 5.74) is -0.433. The van der Waals surface area contributed by atoms with E-state index in [1.165, 1.54) is 83.5 Å². The van der Waals surface area contributed by atoms with E-state index in [4.69, 9.17) is 9.47 Å². The molecule has 0 radical (unpaired) electrons. The SMILES string of the molecule is CCCCCCCCCCCCCCCCCOC(=O)C(NC(=O)OCCC)C(C)(C)C. The molecule has 1 amide bonds. The first-order valence-corrected chi connectivity index (χ1v) is 13.4. The van der Waals surface area contributed by atoms with Crippen LogP contribution in [0.5, 0.6) is 0 Å². The van der Waals surface area contributed by atoms with Gasteiger partial charge >= 0.3 is 12.1 Å². The quantitative estimate of drug-likeness (QED) is 0.149. The van der Waals surface area contributed by atoms with Gasteiger partial charge in [-0.3, -0.25) is 0 Å². The molecule has 32 heavy (non-hydrogen) atoms. The summed E-state index contributed by atoms with van der Waals surface area (Å²) < 4.78 is 10.5.